The van der Waals surface area contributed by atoms with Crippen LogP contribution in [0.1, 0.15) is 25.7 Å². The van der Waals surface area contributed by atoms with Gasteiger partial charge in [-0.05, 0) is 38.6 Å². The molecule has 0 amide bonds. The zero-order chi connectivity index (χ0) is 13.5. The smallest absolute Gasteiger partial charge is 0.243 e. The van der Waals surface area contributed by atoms with Crippen LogP contribution < -0.4 is 4.72 Å². The van der Waals surface area contributed by atoms with E-state index in [2.05, 4.69) is 26.9 Å². The lowest BCUT2D eigenvalue weighted by Gasteiger charge is -2.36. The minimum Gasteiger partial charge on any atom is -0.300 e. The van der Waals surface area contributed by atoms with Gasteiger partial charge >= 0.3 is 0 Å². The molecule has 2 unspecified atom stereocenters. The fourth-order valence-corrected chi connectivity index (χ4v) is 4.41. The summed E-state index contributed by atoms with van der Waals surface area (Å²) in [4.78, 5) is 2.67. The van der Waals surface area contributed by atoms with Crippen molar-refractivity contribution in [2.75, 3.05) is 13.6 Å². The molecule has 1 aromatic heterocycles. The van der Waals surface area contributed by atoms with Crippen LogP contribution in [0.5, 0.6) is 0 Å². The van der Waals surface area contributed by atoms with E-state index in [4.69, 9.17) is 0 Å². The molecule has 2 fully saturated rings. The summed E-state index contributed by atoms with van der Waals surface area (Å²) in [7, 11) is -1.21. The molecule has 2 bridgehead atoms. The number of fused-ring (bicyclic) bond motifs is 2. The quantitative estimate of drug-likeness (QED) is 0.847. The van der Waals surface area contributed by atoms with Gasteiger partial charge in [-0.15, -0.1) is 0 Å². The third kappa shape index (κ3) is 2.54. The maximum atomic E-state index is 12.0. The number of sulfonamides is 1. The molecule has 106 valence electrons. The van der Waals surface area contributed by atoms with Crippen molar-refractivity contribution in [3.8, 4) is 0 Å². The maximum Gasteiger partial charge on any atom is 0.243 e. The predicted molar refractivity (Wildman–Crippen MR) is 71.1 cm³/mol. The van der Waals surface area contributed by atoms with Crippen LogP contribution in [0.25, 0.3) is 0 Å². The first-order valence-corrected chi connectivity index (χ1v) is 8.25. The first-order chi connectivity index (χ1) is 9.06. The highest BCUT2D eigenvalue weighted by Gasteiger charge is 2.38. The number of rotatable bonds is 4. The van der Waals surface area contributed by atoms with Crippen molar-refractivity contribution < 1.29 is 8.42 Å². The van der Waals surface area contributed by atoms with E-state index in [1.807, 2.05) is 0 Å². The van der Waals surface area contributed by atoms with Crippen molar-refractivity contribution >= 4 is 10.0 Å². The van der Waals surface area contributed by atoms with E-state index in [1.54, 1.807) is 0 Å². The van der Waals surface area contributed by atoms with Gasteiger partial charge < -0.3 is 4.90 Å². The van der Waals surface area contributed by atoms with Gasteiger partial charge in [-0.3, -0.25) is 5.10 Å². The third-order valence-corrected chi connectivity index (χ3v) is 5.93. The fraction of sp³-hybridized carbons (Fsp3) is 0.750. The molecule has 2 aliphatic rings. The average Bonchev–Trinajstić information content (AvgIpc) is 2.96. The van der Waals surface area contributed by atoms with Crippen LogP contribution in [0.15, 0.2) is 17.3 Å². The zero-order valence-corrected chi connectivity index (χ0v) is 11.9. The first kappa shape index (κ1) is 13.1. The summed E-state index contributed by atoms with van der Waals surface area (Å²) in [6.45, 7) is 0.536. The SMILES string of the molecule is CN1C2CCC1CC(CNS(=O)(=O)c1cn[nH]c1)C2. The lowest BCUT2D eigenvalue weighted by molar-refractivity contribution is 0.135. The molecule has 0 saturated carbocycles. The summed E-state index contributed by atoms with van der Waals surface area (Å²) in [5, 5.41) is 6.20. The van der Waals surface area contributed by atoms with Gasteiger partial charge in [-0.25, -0.2) is 13.1 Å². The summed E-state index contributed by atoms with van der Waals surface area (Å²) in [6, 6.07) is 1.28. The Balaban J connectivity index is 1.59. The summed E-state index contributed by atoms with van der Waals surface area (Å²) < 4.78 is 26.7. The number of hydrogen-bond donors (Lipinski definition) is 2. The Bertz CT molecular complexity index is 514. The molecule has 3 rings (SSSR count). The van der Waals surface area contributed by atoms with Gasteiger partial charge in [0.05, 0.1) is 6.20 Å². The molecule has 2 N–H and O–H groups in total. The molecule has 6 nitrogen and oxygen atoms in total. The van der Waals surface area contributed by atoms with Gasteiger partial charge in [0.1, 0.15) is 4.90 Å². The van der Waals surface area contributed by atoms with Crippen LogP contribution >= 0.6 is 0 Å². The lowest BCUT2D eigenvalue weighted by Crippen LogP contribution is -2.43. The zero-order valence-electron chi connectivity index (χ0n) is 11.0. The molecule has 0 spiro atoms. The highest BCUT2D eigenvalue weighted by Crippen LogP contribution is 2.37. The standard InChI is InChI=1S/C12H20N4O2S/c1-16-10-2-3-11(16)5-9(4-10)6-15-19(17,18)12-7-13-14-8-12/h7-11,15H,2-6H2,1H3,(H,13,14). The molecule has 2 aliphatic heterocycles. The highest BCUT2D eigenvalue weighted by atomic mass is 32.2. The van der Waals surface area contributed by atoms with Crippen LogP contribution in [0.4, 0.5) is 0 Å². The molecule has 0 aromatic carbocycles. The molecule has 19 heavy (non-hydrogen) atoms. The molecular formula is C12H20N4O2S. The van der Waals surface area contributed by atoms with E-state index in [0.717, 1.165) is 12.8 Å². The number of nitrogens with zero attached hydrogens (tertiary/aromatic N) is 2. The van der Waals surface area contributed by atoms with Crippen molar-refractivity contribution in [2.45, 2.75) is 42.7 Å². The van der Waals surface area contributed by atoms with Crippen LogP contribution in [-0.2, 0) is 10.0 Å². The van der Waals surface area contributed by atoms with Gasteiger partial charge in [0, 0.05) is 24.8 Å². The molecule has 2 saturated heterocycles. The summed E-state index contributed by atoms with van der Waals surface area (Å²) in [5.41, 5.74) is 0. The number of piperidine rings is 1. The second-order valence-corrected chi connectivity index (χ2v) is 7.44. The Morgan fingerprint density at radius 1 is 1.42 bits per heavy atom. The van der Waals surface area contributed by atoms with E-state index < -0.39 is 10.0 Å². The molecule has 1 aromatic rings. The van der Waals surface area contributed by atoms with E-state index >= 15 is 0 Å². The predicted octanol–water partition coefficient (Wildman–Crippen LogP) is 0.561. The van der Waals surface area contributed by atoms with Crippen LogP contribution in [0.2, 0.25) is 0 Å². The molecule has 3 heterocycles. The van der Waals surface area contributed by atoms with Gasteiger partial charge in [-0.2, -0.15) is 5.10 Å². The van der Waals surface area contributed by atoms with Crippen LogP contribution in [0, 0.1) is 5.92 Å². The van der Waals surface area contributed by atoms with Gasteiger partial charge in [-0.1, -0.05) is 0 Å². The summed E-state index contributed by atoms with van der Waals surface area (Å²) >= 11 is 0. The van der Waals surface area contributed by atoms with Crippen molar-refractivity contribution in [1.29, 1.82) is 0 Å². The monoisotopic (exact) mass is 284 g/mol. The number of aromatic amines is 1. The minimum atomic E-state index is -3.40. The van der Waals surface area contributed by atoms with Crippen molar-refractivity contribution in [3.63, 3.8) is 0 Å². The Labute approximate surface area is 113 Å². The topological polar surface area (TPSA) is 78.1 Å². The van der Waals surface area contributed by atoms with Crippen LogP contribution in [-0.4, -0.2) is 49.2 Å². The number of H-pyrrole nitrogens is 1. The number of nitrogens with one attached hydrogen (secondary N) is 2. The molecular weight excluding hydrogens is 264 g/mol. The maximum absolute atomic E-state index is 12.0. The Morgan fingerprint density at radius 2 is 2.11 bits per heavy atom. The molecule has 2 atom stereocenters. The Kier molecular flexibility index (Phi) is 3.36. The average molecular weight is 284 g/mol. The van der Waals surface area contributed by atoms with Crippen LogP contribution in [0.3, 0.4) is 0 Å². The second-order valence-electron chi connectivity index (χ2n) is 5.67. The second kappa shape index (κ2) is 4.88. The molecule has 0 aliphatic carbocycles. The van der Waals surface area contributed by atoms with E-state index in [-0.39, 0.29) is 4.90 Å². The Hall–Kier alpha value is -0.920. The number of hydrogen-bond acceptors (Lipinski definition) is 4. The first-order valence-electron chi connectivity index (χ1n) is 6.76. The normalized spacial score (nSPS) is 31.7. The molecule has 7 heteroatoms. The van der Waals surface area contributed by atoms with Gasteiger partial charge in [0.15, 0.2) is 0 Å². The van der Waals surface area contributed by atoms with E-state index in [9.17, 15) is 8.42 Å². The number of aromatic nitrogens is 2. The van der Waals surface area contributed by atoms with E-state index in [1.165, 1.54) is 25.2 Å². The lowest BCUT2D eigenvalue weighted by atomic mass is 9.91. The van der Waals surface area contributed by atoms with Crippen molar-refractivity contribution in [3.05, 3.63) is 12.4 Å². The van der Waals surface area contributed by atoms with Crippen molar-refractivity contribution in [2.24, 2.45) is 5.92 Å². The minimum absolute atomic E-state index is 0.211. The summed E-state index contributed by atoms with van der Waals surface area (Å²) in [6.07, 6.45) is 7.45. The summed E-state index contributed by atoms with van der Waals surface area (Å²) in [5.74, 6) is 0.454. The fourth-order valence-electron chi connectivity index (χ4n) is 3.39. The van der Waals surface area contributed by atoms with Gasteiger partial charge in [0.25, 0.3) is 0 Å². The van der Waals surface area contributed by atoms with Gasteiger partial charge in [0.2, 0.25) is 10.0 Å². The largest absolute Gasteiger partial charge is 0.300 e. The highest BCUT2D eigenvalue weighted by molar-refractivity contribution is 7.89. The Morgan fingerprint density at radius 3 is 2.68 bits per heavy atom. The van der Waals surface area contributed by atoms with Crippen molar-refractivity contribution in [1.82, 2.24) is 19.8 Å². The van der Waals surface area contributed by atoms with E-state index in [0.29, 0.717) is 24.5 Å². The molecule has 0 radical (unpaired) electrons. The third-order valence-electron chi connectivity index (χ3n) is 4.54.